The zero-order valence-corrected chi connectivity index (χ0v) is 7.69. The summed E-state index contributed by atoms with van der Waals surface area (Å²) in [7, 11) is 0. The van der Waals surface area contributed by atoms with Crippen LogP contribution in [0.15, 0.2) is 0 Å². The lowest BCUT2D eigenvalue weighted by Gasteiger charge is -2.47. The molecule has 3 aliphatic carbocycles. The van der Waals surface area contributed by atoms with E-state index in [9.17, 15) is 10.1 Å². The molecule has 2 bridgehead atoms. The molecule has 0 N–H and O–H groups in total. The van der Waals surface area contributed by atoms with Gasteiger partial charge in [-0.3, -0.25) is 10.1 Å². The fourth-order valence-corrected chi connectivity index (χ4v) is 4.22. The van der Waals surface area contributed by atoms with Gasteiger partial charge in [-0.2, -0.15) is 0 Å². The Kier molecular flexibility index (Phi) is 1.47. The van der Waals surface area contributed by atoms with Crippen molar-refractivity contribution in [2.24, 2.45) is 29.6 Å². The van der Waals surface area contributed by atoms with Crippen molar-refractivity contribution in [2.45, 2.75) is 25.7 Å². The summed E-state index contributed by atoms with van der Waals surface area (Å²) in [5.74, 6) is 3.75. The molecule has 13 heavy (non-hydrogen) atoms. The van der Waals surface area contributed by atoms with Crippen molar-refractivity contribution in [2.75, 3.05) is 6.54 Å². The first-order valence-electron chi connectivity index (χ1n) is 5.37. The summed E-state index contributed by atoms with van der Waals surface area (Å²) in [6.07, 6.45) is 5.33. The molecule has 0 aromatic heterocycles. The van der Waals surface area contributed by atoms with Gasteiger partial charge in [0.2, 0.25) is 6.54 Å². The zero-order valence-electron chi connectivity index (χ0n) is 7.69. The van der Waals surface area contributed by atoms with Gasteiger partial charge in [-0.25, -0.2) is 0 Å². The van der Waals surface area contributed by atoms with Gasteiger partial charge in [0, 0.05) is 10.8 Å². The van der Waals surface area contributed by atoms with E-state index < -0.39 is 0 Å². The Morgan fingerprint density at radius 1 is 1.15 bits per heavy atom. The molecule has 0 aromatic rings. The summed E-state index contributed by atoms with van der Waals surface area (Å²) in [6.45, 7) is 0.249. The molecule has 5 atom stereocenters. The molecule has 3 aliphatic rings. The highest BCUT2D eigenvalue weighted by atomic mass is 16.6. The highest BCUT2D eigenvalue weighted by molar-refractivity contribution is 5.05. The maximum atomic E-state index is 10.5. The standard InChI is InChI=1S/C10H15NO2/c12-11(13)5-10-7-2-1-6-3-8(7)9(10)4-6/h6-10H,1-5H2/t6-,7+,8-,9-,10-/m0/s1. The molecule has 0 unspecified atom stereocenters. The van der Waals surface area contributed by atoms with Crippen LogP contribution in [0.25, 0.3) is 0 Å². The van der Waals surface area contributed by atoms with E-state index >= 15 is 0 Å². The third-order valence-electron chi connectivity index (χ3n) is 4.68. The first kappa shape index (κ1) is 7.77. The Labute approximate surface area is 77.7 Å². The van der Waals surface area contributed by atoms with E-state index in [1.165, 1.54) is 25.7 Å². The van der Waals surface area contributed by atoms with Gasteiger partial charge < -0.3 is 0 Å². The second kappa shape index (κ2) is 2.46. The Balaban J connectivity index is 1.75. The normalized spacial score (nSPS) is 51.5. The predicted molar refractivity (Wildman–Crippen MR) is 47.8 cm³/mol. The number of hydrogen-bond acceptors (Lipinski definition) is 2. The van der Waals surface area contributed by atoms with Gasteiger partial charge in [0.1, 0.15) is 0 Å². The quantitative estimate of drug-likeness (QED) is 0.482. The topological polar surface area (TPSA) is 43.1 Å². The fraction of sp³-hybridized carbons (Fsp3) is 1.00. The fourth-order valence-electron chi connectivity index (χ4n) is 4.22. The summed E-state index contributed by atoms with van der Waals surface area (Å²) in [4.78, 5) is 10.4. The van der Waals surface area contributed by atoms with Crippen LogP contribution in [0.2, 0.25) is 0 Å². The minimum Gasteiger partial charge on any atom is -0.265 e. The lowest BCUT2D eigenvalue weighted by Crippen LogP contribution is -2.47. The molecule has 3 nitrogen and oxygen atoms in total. The molecule has 3 heteroatoms. The van der Waals surface area contributed by atoms with Crippen LogP contribution in [0.5, 0.6) is 0 Å². The SMILES string of the molecule is O=[N+]([O-])C[C@H]1[C@@H]2CC[C@H]3C[C@@H]2[C@@H]1C3. The maximum Gasteiger partial charge on any atom is 0.207 e. The van der Waals surface area contributed by atoms with E-state index in [0.29, 0.717) is 5.92 Å². The number of fused-ring (bicyclic) bond motifs is 1. The van der Waals surface area contributed by atoms with Crippen LogP contribution in [0.3, 0.4) is 0 Å². The van der Waals surface area contributed by atoms with Crippen molar-refractivity contribution >= 4 is 0 Å². The van der Waals surface area contributed by atoms with Crippen LogP contribution in [0, 0.1) is 39.7 Å². The van der Waals surface area contributed by atoms with Crippen molar-refractivity contribution in [1.82, 2.24) is 0 Å². The molecular weight excluding hydrogens is 166 g/mol. The van der Waals surface area contributed by atoms with E-state index in [2.05, 4.69) is 0 Å². The number of rotatable bonds is 2. The average Bonchev–Trinajstić information content (AvgIpc) is 2.26. The number of nitro groups is 1. The maximum absolute atomic E-state index is 10.5. The Bertz CT molecular complexity index is 247. The lowest BCUT2D eigenvalue weighted by molar-refractivity contribution is -0.497. The molecule has 3 fully saturated rings. The monoisotopic (exact) mass is 181 g/mol. The lowest BCUT2D eigenvalue weighted by atomic mass is 9.56. The van der Waals surface area contributed by atoms with Gasteiger partial charge in [-0.1, -0.05) is 6.42 Å². The summed E-state index contributed by atoms with van der Waals surface area (Å²) < 4.78 is 0. The van der Waals surface area contributed by atoms with Crippen molar-refractivity contribution < 1.29 is 4.92 Å². The minimum absolute atomic E-state index is 0.105. The second-order valence-corrected chi connectivity index (χ2v) is 5.09. The molecule has 3 rings (SSSR count). The summed E-state index contributed by atoms with van der Waals surface area (Å²) in [5, 5.41) is 10.5. The van der Waals surface area contributed by atoms with Gasteiger partial charge in [0.15, 0.2) is 0 Å². The van der Waals surface area contributed by atoms with Crippen molar-refractivity contribution in [3.63, 3.8) is 0 Å². The van der Waals surface area contributed by atoms with Crippen LogP contribution < -0.4 is 0 Å². The van der Waals surface area contributed by atoms with Gasteiger partial charge in [0.25, 0.3) is 0 Å². The van der Waals surface area contributed by atoms with Gasteiger partial charge in [0.05, 0.1) is 0 Å². The molecule has 0 spiro atoms. The van der Waals surface area contributed by atoms with Gasteiger partial charge >= 0.3 is 0 Å². The third kappa shape index (κ3) is 0.960. The Morgan fingerprint density at radius 3 is 2.69 bits per heavy atom. The molecule has 0 saturated heterocycles. The molecule has 0 radical (unpaired) electrons. The Hall–Kier alpha value is -0.600. The van der Waals surface area contributed by atoms with E-state index in [1.54, 1.807) is 0 Å². The highest BCUT2D eigenvalue weighted by Crippen LogP contribution is 2.63. The average molecular weight is 181 g/mol. The van der Waals surface area contributed by atoms with Gasteiger partial charge in [-0.15, -0.1) is 0 Å². The number of nitrogens with zero attached hydrogens (tertiary/aromatic N) is 1. The van der Waals surface area contributed by atoms with Crippen LogP contribution in [0.4, 0.5) is 0 Å². The molecule has 3 saturated carbocycles. The van der Waals surface area contributed by atoms with Crippen molar-refractivity contribution in [3.8, 4) is 0 Å². The molecular formula is C10H15NO2. The van der Waals surface area contributed by atoms with Crippen LogP contribution >= 0.6 is 0 Å². The molecule has 0 aromatic carbocycles. The van der Waals surface area contributed by atoms with Crippen LogP contribution in [0.1, 0.15) is 25.7 Å². The first-order valence-corrected chi connectivity index (χ1v) is 5.37. The highest BCUT2D eigenvalue weighted by Gasteiger charge is 2.58. The first-order chi connectivity index (χ1) is 6.25. The summed E-state index contributed by atoms with van der Waals surface area (Å²) >= 11 is 0. The van der Waals surface area contributed by atoms with E-state index in [4.69, 9.17) is 0 Å². The van der Waals surface area contributed by atoms with E-state index in [0.717, 1.165) is 23.7 Å². The smallest absolute Gasteiger partial charge is 0.207 e. The third-order valence-corrected chi connectivity index (χ3v) is 4.68. The predicted octanol–water partition coefficient (Wildman–Crippen LogP) is 1.95. The van der Waals surface area contributed by atoms with Crippen LogP contribution in [-0.2, 0) is 0 Å². The van der Waals surface area contributed by atoms with Crippen molar-refractivity contribution in [1.29, 1.82) is 0 Å². The van der Waals surface area contributed by atoms with Gasteiger partial charge in [-0.05, 0) is 42.9 Å². The minimum atomic E-state index is -0.105. The van der Waals surface area contributed by atoms with E-state index in [1.807, 2.05) is 0 Å². The molecule has 0 amide bonds. The second-order valence-electron chi connectivity index (χ2n) is 5.09. The molecule has 0 heterocycles. The molecule has 72 valence electrons. The Morgan fingerprint density at radius 2 is 1.92 bits per heavy atom. The zero-order chi connectivity index (χ0) is 9.00. The largest absolute Gasteiger partial charge is 0.265 e. The summed E-state index contributed by atoms with van der Waals surface area (Å²) in [5.41, 5.74) is 0. The summed E-state index contributed by atoms with van der Waals surface area (Å²) in [6, 6.07) is 0. The van der Waals surface area contributed by atoms with Crippen molar-refractivity contribution in [3.05, 3.63) is 10.1 Å². The van der Waals surface area contributed by atoms with E-state index in [-0.39, 0.29) is 11.5 Å². The molecule has 0 aliphatic heterocycles. The number of hydrogen-bond donors (Lipinski definition) is 0. The van der Waals surface area contributed by atoms with Crippen LogP contribution in [-0.4, -0.2) is 11.5 Å².